The highest BCUT2D eigenvalue weighted by atomic mass is 19.1. The first-order valence-electron chi connectivity index (χ1n) is 9.25. The van der Waals surface area contributed by atoms with Crippen molar-refractivity contribution in [3.8, 4) is 6.07 Å². The Balaban J connectivity index is 1.55. The maximum absolute atomic E-state index is 14.2. The first-order chi connectivity index (χ1) is 13.1. The fourth-order valence-electron chi connectivity index (χ4n) is 3.74. The number of carbonyl (C=O) groups excluding carboxylic acids is 1. The summed E-state index contributed by atoms with van der Waals surface area (Å²) in [4.78, 5) is 19.3. The van der Waals surface area contributed by atoms with Gasteiger partial charge in [-0.3, -0.25) is 4.79 Å². The fraction of sp³-hybridized carbons (Fsp3) is 0.381. The summed E-state index contributed by atoms with van der Waals surface area (Å²) in [6.07, 6.45) is 5.11. The van der Waals surface area contributed by atoms with Crippen molar-refractivity contribution in [3.63, 3.8) is 0 Å². The SMILES string of the molecule is N#Cc1ccnc(N2CC(Cc3ccccc3F)(C(=O)NC3CCC3)C2)c1. The molecule has 0 unspecified atom stereocenters. The van der Waals surface area contributed by atoms with Crippen molar-refractivity contribution in [2.24, 2.45) is 5.41 Å². The summed E-state index contributed by atoms with van der Waals surface area (Å²) in [6.45, 7) is 0.920. The summed E-state index contributed by atoms with van der Waals surface area (Å²) in [5, 5.41) is 12.2. The number of pyridine rings is 1. The lowest BCUT2D eigenvalue weighted by Crippen LogP contribution is -2.66. The zero-order valence-corrected chi connectivity index (χ0v) is 15.0. The first-order valence-corrected chi connectivity index (χ1v) is 9.25. The molecule has 27 heavy (non-hydrogen) atoms. The Morgan fingerprint density at radius 3 is 2.78 bits per heavy atom. The molecule has 1 amide bonds. The summed E-state index contributed by atoms with van der Waals surface area (Å²) in [7, 11) is 0. The van der Waals surface area contributed by atoms with Gasteiger partial charge in [0, 0.05) is 25.3 Å². The van der Waals surface area contributed by atoms with E-state index in [9.17, 15) is 9.18 Å². The van der Waals surface area contributed by atoms with Crippen molar-refractivity contribution in [1.82, 2.24) is 10.3 Å². The van der Waals surface area contributed by atoms with Crippen LogP contribution >= 0.6 is 0 Å². The molecule has 2 aromatic rings. The Bertz CT molecular complexity index is 897. The molecule has 138 valence electrons. The number of halogens is 1. The quantitative estimate of drug-likeness (QED) is 0.886. The van der Waals surface area contributed by atoms with Gasteiger partial charge in [0.2, 0.25) is 5.91 Å². The Hall–Kier alpha value is -2.94. The van der Waals surface area contributed by atoms with Crippen LogP contribution in [-0.4, -0.2) is 30.0 Å². The van der Waals surface area contributed by atoms with Gasteiger partial charge in [-0.25, -0.2) is 9.37 Å². The molecular formula is C21H21FN4O. The van der Waals surface area contributed by atoms with Crippen molar-refractivity contribution in [1.29, 1.82) is 5.26 Å². The molecule has 0 atom stereocenters. The number of aromatic nitrogens is 1. The number of nitrogens with one attached hydrogen (secondary N) is 1. The molecule has 1 aliphatic heterocycles. The first kappa shape index (κ1) is 17.5. The van der Waals surface area contributed by atoms with Gasteiger partial charge in [0.15, 0.2) is 0 Å². The number of benzene rings is 1. The Morgan fingerprint density at radius 1 is 1.33 bits per heavy atom. The molecule has 2 fully saturated rings. The number of nitriles is 1. The maximum atomic E-state index is 14.2. The minimum absolute atomic E-state index is 0.0110. The predicted octanol–water partition coefficient (Wildman–Crippen LogP) is 2.81. The van der Waals surface area contributed by atoms with Gasteiger partial charge in [-0.2, -0.15) is 5.26 Å². The monoisotopic (exact) mass is 364 g/mol. The number of amides is 1. The number of carbonyl (C=O) groups is 1. The van der Waals surface area contributed by atoms with Gasteiger partial charge >= 0.3 is 0 Å². The molecule has 1 saturated carbocycles. The summed E-state index contributed by atoms with van der Waals surface area (Å²) in [5.74, 6) is 0.383. The average molecular weight is 364 g/mol. The Kier molecular flexibility index (Phi) is 4.53. The van der Waals surface area contributed by atoms with Gasteiger partial charge in [-0.1, -0.05) is 18.2 Å². The maximum Gasteiger partial charge on any atom is 0.230 e. The molecule has 6 heteroatoms. The van der Waals surface area contributed by atoms with Crippen LogP contribution in [0.3, 0.4) is 0 Å². The largest absolute Gasteiger partial charge is 0.354 e. The summed E-state index contributed by atoms with van der Waals surface area (Å²) in [5.41, 5.74) is 0.410. The summed E-state index contributed by atoms with van der Waals surface area (Å²) < 4.78 is 14.2. The zero-order valence-electron chi connectivity index (χ0n) is 15.0. The second kappa shape index (κ2) is 6.99. The molecule has 1 aromatic carbocycles. The minimum atomic E-state index is -0.678. The van der Waals surface area contributed by atoms with Crippen molar-refractivity contribution >= 4 is 11.7 Å². The van der Waals surface area contributed by atoms with Crippen LogP contribution in [0.25, 0.3) is 0 Å². The van der Waals surface area contributed by atoms with Crippen LogP contribution in [0.1, 0.15) is 30.4 Å². The van der Waals surface area contributed by atoms with Crippen LogP contribution in [0.2, 0.25) is 0 Å². The van der Waals surface area contributed by atoms with Crippen LogP contribution in [0, 0.1) is 22.6 Å². The Morgan fingerprint density at radius 2 is 2.11 bits per heavy atom. The van der Waals surface area contributed by atoms with E-state index in [4.69, 9.17) is 5.26 Å². The van der Waals surface area contributed by atoms with Gasteiger partial charge in [0.1, 0.15) is 11.6 Å². The third-order valence-electron chi connectivity index (χ3n) is 5.59. The number of hydrogen-bond donors (Lipinski definition) is 1. The summed E-state index contributed by atoms with van der Waals surface area (Å²) in [6, 6.07) is 12.3. The van der Waals surface area contributed by atoms with Gasteiger partial charge in [-0.15, -0.1) is 0 Å². The molecular weight excluding hydrogens is 343 g/mol. The lowest BCUT2D eigenvalue weighted by Gasteiger charge is -2.50. The molecule has 1 saturated heterocycles. The molecule has 0 radical (unpaired) electrons. The van der Waals surface area contributed by atoms with E-state index in [1.54, 1.807) is 36.5 Å². The molecule has 1 aromatic heterocycles. The van der Waals surface area contributed by atoms with Crippen molar-refractivity contribution in [2.45, 2.75) is 31.7 Å². The third-order valence-corrected chi connectivity index (χ3v) is 5.59. The minimum Gasteiger partial charge on any atom is -0.354 e. The number of hydrogen-bond acceptors (Lipinski definition) is 4. The van der Waals surface area contributed by atoms with Gasteiger partial charge in [0.25, 0.3) is 0 Å². The van der Waals surface area contributed by atoms with Gasteiger partial charge in [-0.05, 0) is 49.4 Å². The third kappa shape index (κ3) is 3.37. The second-order valence-electron chi connectivity index (χ2n) is 7.52. The van der Waals surface area contributed by atoms with E-state index in [0.29, 0.717) is 36.5 Å². The van der Waals surface area contributed by atoms with Crippen molar-refractivity contribution in [2.75, 3.05) is 18.0 Å². The van der Waals surface area contributed by atoms with Crippen LogP contribution in [0.5, 0.6) is 0 Å². The highest BCUT2D eigenvalue weighted by Crippen LogP contribution is 2.38. The van der Waals surface area contributed by atoms with Crippen LogP contribution in [0.4, 0.5) is 10.2 Å². The van der Waals surface area contributed by atoms with E-state index < -0.39 is 5.41 Å². The number of anilines is 1. The molecule has 1 aliphatic carbocycles. The van der Waals surface area contributed by atoms with Crippen LogP contribution in [-0.2, 0) is 11.2 Å². The lowest BCUT2D eigenvalue weighted by atomic mass is 9.73. The van der Waals surface area contributed by atoms with Gasteiger partial charge in [0.05, 0.1) is 17.0 Å². The molecule has 1 N–H and O–H groups in total. The standard InChI is InChI=1S/C21H21FN4O/c22-18-7-2-1-4-16(18)11-21(20(27)25-17-5-3-6-17)13-26(14-21)19-10-15(12-23)8-9-24-19/h1-2,4,7-10,17H,3,5-6,11,13-14H2,(H,25,27). The van der Waals surface area contributed by atoms with Gasteiger partial charge < -0.3 is 10.2 Å². The van der Waals surface area contributed by atoms with Crippen molar-refractivity contribution in [3.05, 3.63) is 59.5 Å². The lowest BCUT2D eigenvalue weighted by molar-refractivity contribution is -0.134. The van der Waals surface area contributed by atoms with E-state index in [1.165, 1.54) is 6.07 Å². The fourth-order valence-corrected chi connectivity index (χ4v) is 3.74. The molecule has 2 aliphatic rings. The highest BCUT2D eigenvalue weighted by molar-refractivity contribution is 5.86. The number of rotatable bonds is 5. The van der Waals surface area contributed by atoms with E-state index in [1.807, 2.05) is 4.90 Å². The van der Waals surface area contributed by atoms with Crippen molar-refractivity contribution < 1.29 is 9.18 Å². The molecule has 2 heterocycles. The highest BCUT2D eigenvalue weighted by Gasteiger charge is 2.50. The normalized spacial score (nSPS) is 18.1. The molecule has 0 spiro atoms. The number of nitrogens with zero attached hydrogens (tertiary/aromatic N) is 3. The molecule has 0 bridgehead atoms. The Labute approximate surface area is 157 Å². The smallest absolute Gasteiger partial charge is 0.230 e. The zero-order chi connectivity index (χ0) is 18.9. The average Bonchev–Trinajstić information content (AvgIpc) is 2.62. The van der Waals surface area contributed by atoms with E-state index in [2.05, 4.69) is 16.4 Å². The summed E-state index contributed by atoms with van der Waals surface area (Å²) >= 11 is 0. The van der Waals surface area contributed by atoms with E-state index in [0.717, 1.165) is 19.3 Å². The molecule has 4 rings (SSSR count). The van der Waals surface area contributed by atoms with E-state index in [-0.39, 0.29) is 17.8 Å². The predicted molar refractivity (Wildman–Crippen MR) is 99.5 cm³/mol. The van der Waals surface area contributed by atoms with Crippen LogP contribution < -0.4 is 10.2 Å². The van der Waals surface area contributed by atoms with E-state index >= 15 is 0 Å². The topological polar surface area (TPSA) is 69.0 Å². The second-order valence-corrected chi connectivity index (χ2v) is 7.52. The van der Waals surface area contributed by atoms with Crippen LogP contribution in [0.15, 0.2) is 42.6 Å². The molecule has 5 nitrogen and oxygen atoms in total.